The zero-order chi connectivity index (χ0) is 30.1. The van der Waals surface area contributed by atoms with Gasteiger partial charge in [-0.05, 0) is 63.6 Å². The van der Waals surface area contributed by atoms with Crippen LogP contribution < -0.4 is 9.62 Å². The van der Waals surface area contributed by atoms with Gasteiger partial charge in [-0.2, -0.15) is 0 Å². The van der Waals surface area contributed by atoms with Gasteiger partial charge in [-0.3, -0.25) is 9.21 Å². The molecule has 0 aliphatic heterocycles. The Labute approximate surface area is 242 Å². The third-order valence-corrected chi connectivity index (χ3v) is 8.40. The summed E-state index contributed by atoms with van der Waals surface area (Å²) in [7, 11) is -0.488. The Bertz CT molecular complexity index is 1470. The first-order valence-electron chi connectivity index (χ1n) is 13.7. The standard InChI is InChI=1S/C29H40N6O5S/c1-18-14-22(18)19(2)30-24-16-21(17-25(31-24)35(7)41(8,37)38)26-32-33-27(39-26)23(15-20-12-10-9-11-13-20)34(6)28(36)40-29(3,4)5/h9-13,16-19,22-23H,14-15H2,1-8H3,(H,30,31)/t18-,19-,22-,23+/m0/s1. The molecule has 2 aromatic heterocycles. The number of nitrogens with one attached hydrogen (secondary N) is 1. The van der Waals surface area contributed by atoms with E-state index in [0.717, 1.165) is 22.5 Å². The monoisotopic (exact) mass is 584 g/mol. The van der Waals surface area contributed by atoms with Gasteiger partial charge in [0.15, 0.2) is 0 Å². The lowest BCUT2D eigenvalue weighted by Crippen LogP contribution is -2.37. The summed E-state index contributed by atoms with van der Waals surface area (Å²) in [5.41, 5.74) is 0.796. The van der Waals surface area contributed by atoms with Crippen molar-refractivity contribution in [3.05, 3.63) is 53.9 Å². The number of carbonyl (C=O) groups is 1. The van der Waals surface area contributed by atoms with Crippen LogP contribution in [0, 0.1) is 11.8 Å². The van der Waals surface area contributed by atoms with Gasteiger partial charge >= 0.3 is 6.09 Å². The van der Waals surface area contributed by atoms with E-state index in [2.05, 4.69) is 34.3 Å². The van der Waals surface area contributed by atoms with Gasteiger partial charge in [0, 0.05) is 32.1 Å². The second-order valence-electron chi connectivity index (χ2n) is 11.9. The first kappa shape index (κ1) is 30.3. The molecule has 1 N–H and O–H groups in total. The highest BCUT2D eigenvalue weighted by Crippen LogP contribution is 2.41. The minimum absolute atomic E-state index is 0.153. The van der Waals surface area contributed by atoms with Gasteiger partial charge in [-0.1, -0.05) is 37.3 Å². The molecule has 1 fully saturated rings. The van der Waals surface area contributed by atoms with Crippen molar-refractivity contribution in [3.8, 4) is 11.5 Å². The molecule has 0 unspecified atom stereocenters. The first-order chi connectivity index (χ1) is 19.1. The second kappa shape index (κ2) is 11.7. The van der Waals surface area contributed by atoms with Crippen LogP contribution in [0.4, 0.5) is 16.4 Å². The van der Waals surface area contributed by atoms with Gasteiger partial charge in [0.2, 0.25) is 21.8 Å². The third-order valence-electron chi connectivity index (χ3n) is 7.21. The van der Waals surface area contributed by atoms with E-state index in [-0.39, 0.29) is 23.6 Å². The molecule has 0 bridgehead atoms. The summed E-state index contributed by atoms with van der Waals surface area (Å²) in [6, 6.07) is 12.6. The predicted molar refractivity (Wildman–Crippen MR) is 158 cm³/mol. The predicted octanol–water partition coefficient (Wildman–Crippen LogP) is 5.13. The highest BCUT2D eigenvalue weighted by atomic mass is 32.2. The summed E-state index contributed by atoms with van der Waals surface area (Å²) < 4.78 is 37.6. The van der Waals surface area contributed by atoms with Gasteiger partial charge in [0.25, 0.3) is 0 Å². The number of sulfonamides is 1. The summed E-state index contributed by atoms with van der Waals surface area (Å²) in [6.07, 6.45) is 2.15. The molecule has 1 aliphatic rings. The fourth-order valence-electron chi connectivity index (χ4n) is 4.61. The highest BCUT2D eigenvalue weighted by molar-refractivity contribution is 7.92. The molecule has 2 heterocycles. The molecule has 41 heavy (non-hydrogen) atoms. The zero-order valence-corrected chi connectivity index (χ0v) is 25.8. The quantitative estimate of drug-likeness (QED) is 0.344. The molecule has 0 saturated heterocycles. The molecule has 1 aromatic carbocycles. The zero-order valence-electron chi connectivity index (χ0n) is 25.0. The molecule has 0 spiro atoms. The van der Waals surface area contributed by atoms with Gasteiger partial charge in [0.1, 0.15) is 23.3 Å². The van der Waals surface area contributed by atoms with E-state index in [0.29, 0.717) is 29.6 Å². The van der Waals surface area contributed by atoms with Crippen LogP contribution in [-0.4, -0.2) is 66.6 Å². The summed E-state index contributed by atoms with van der Waals surface area (Å²) >= 11 is 0. The number of amides is 1. The number of benzene rings is 1. The van der Waals surface area contributed by atoms with Crippen molar-refractivity contribution in [1.29, 1.82) is 0 Å². The van der Waals surface area contributed by atoms with Crippen LogP contribution in [0.1, 0.15) is 58.5 Å². The molecule has 4 rings (SSSR count). The fraction of sp³-hybridized carbons (Fsp3) is 0.517. The average molecular weight is 585 g/mol. The highest BCUT2D eigenvalue weighted by Gasteiger charge is 2.37. The second-order valence-corrected chi connectivity index (χ2v) is 13.9. The number of hydrogen-bond acceptors (Lipinski definition) is 9. The Morgan fingerprint density at radius 3 is 2.41 bits per heavy atom. The largest absolute Gasteiger partial charge is 0.444 e. The van der Waals surface area contributed by atoms with Gasteiger partial charge in [0.05, 0.1) is 6.26 Å². The maximum absolute atomic E-state index is 13.0. The van der Waals surface area contributed by atoms with Crippen LogP contribution in [0.25, 0.3) is 11.5 Å². The van der Waals surface area contributed by atoms with E-state index in [1.54, 1.807) is 40.0 Å². The van der Waals surface area contributed by atoms with Crippen LogP contribution in [0.15, 0.2) is 46.9 Å². The molecule has 1 amide bonds. The van der Waals surface area contributed by atoms with Crippen LogP contribution >= 0.6 is 0 Å². The molecule has 3 aromatic rings. The van der Waals surface area contributed by atoms with E-state index < -0.39 is 27.8 Å². The van der Waals surface area contributed by atoms with Gasteiger partial charge in [-0.15, -0.1) is 10.2 Å². The maximum Gasteiger partial charge on any atom is 0.410 e. The van der Waals surface area contributed by atoms with E-state index in [1.807, 2.05) is 30.3 Å². The van der Waals surface area contributed by atoms with Crippen molar-refractivity contribution >= 4 is 27.8 Å². The lowest BCUT2D eigenvalue weighted by atomic mass is 10.1. The minimum atomic E-state index is -3.57. The molecule has 11 nitrogen and oxygen atoms in total. The van der Waals surface area contributed by atoms with Gasteiger partial charge < -0.3 is 14.5 Å². The van der Waals surface area contributed by atoms with E-state index in [1.165, 1.54) is 11.9 Å². The van der Waals surface area contributed by atoms with Crippen molar-refractivity contribution in [2.45, 2.75) is 65.1 Å². The topological polar surface area (TPSA) is 131 Å². The van der Waals surface area contributed by atoms with Crippen molar-refractivity contribution < 1.29 is 22.4 Å². The summed E-state index contributed by atoms with van der Waals surface area (Å²) in [6.45, 7) is 9.71. The van der Waals surface area contributed by atoms with Crippen molar-refractivity contribution in [1.82, 2.24) is 20.1 Å². The molecule has 1 aliphatic carbocycles. The normalized spacial score (nSPS) is 18.3. The van der Waals surface area contributed by atoms with Crippen molar-refractivity contribution in [2.75, 3.05) is 30.0 Å². The molecular formula is C29H40N6O5S. The number of ether oxygens (including phenoxy) is 1. The van der Waals surface area contributed by atoms with Crippen LogP contribution in [-0.2, 0) is 21.2 Å². The molecule has 4 atom stereocenters. The summed E-state index contributed by atoms with van der Waals surface area (Å²) in [5.74, 6) is 2.27. The minimum Gasteiger partial charge on any atom is -0.444 e. The molecule has 1 saturated carbocycles. The fourth-order valence-corrected chi connectivity index (χ4v) is 5.04. The van der Waals surface area contributed by atoms with E-state index in [9.17, 15) is 13.2 Å². The number of rotatable bonds is 10. The maximum atomic E-state index is 13.0. The van der Waals surface area contributed by atoms with E-state index in [4.69, 9.17) is 9.15 Å². The Kier molecular flexibility index (Phi) is 8.62. The molecular weight excluding hydrogens is 544 g/mol. The van der Waals surface area contributed by atoms with Crippen molar-refractivity contribution in [3.63, 3.8) is 0 Å². The van der Waals surface area contributed by atoms with Crippen LogP contribution in [0.2, 0.25) is 0 Å². The van der Waals surface area contributed by atoms with E-state index >= 15 is 0 Å². The molecule has 222 valence electrons. The summed E-state index contributed by atoms with van der Waals surface area (Å²) in [5, 5.41) is 12.0. The summed E-state index contributed by atoms with van der Waals surface area (Å²) in [4.78, 5) is 19.0. The molecule has 0 radical (unpaired) electrons. The number of hydrogen-bond donors (Lipinski definition) is 1. The Morgan fingerprint density at radius 1 is 1.17 bits per heavy atom. The Hall–Kier alpha value is -3.67. The number of carbonyl (C=O) groups excluding carboxylic acids is 1. The lowest BCUT2D eigenvalue weighted by molar-refractivity contribution is 0.0196. The first-order valence-corrected chi connectivity index (χ1v) is 15.5. The number of pyridine rings is 1. The van der Waals surface area contributed by atoms with Crippen LogP contribution in [0.5, 0.6) is 0 Å². The average Bonchev–Trinajstić information content (AvgIpc) is 3.42. The Morgan fingerprint density at radius 2 is 1.83 bits per heavy atom. The van der Waals surface area contributed by atoms with Gasteiger partial charge in [-0.25, -0.2) is 18.2 Å². The molecule has 12 heteroatoms. The lowest BCUT2D eigenvalue weighted by Gasteiger charge is -2.29. The number of likely N-dealkylation sites (N-methyl/N-ethyl adjacent to an activating group) is 1. The SMILES string of the molecule is C[C@H](Nc1cc(-c2nnc([C@@H](Cc3ccccc3)N(C)C(=O)OC(C)(C)C)o2)cc(N(C)S(C)(=O)=O)n1)[C@H]1C[C@@H]1C. The number of nitrogens with zero attached hydrogens (tertiary/aromatic N) is 5. The number of anilines is 2. The smallest absolute Gasteiger partial charge is 0.410 e. The van der Waals surface area contributed by atoms with Crippen molar-refractivity contribution in [2.24, 2.45) is 11.8 Å². The number of aromatic nitrogens is 3. The Balaban J connectivity index is 1.70. The third kappa shape index (κ3) is 7.75. The van der Waals surface area contributed by atoms with Crippen LogP contribution in [0.3, 0.4) is 0 Å².